The zero-order valence-corrected chi connectivity index (χ0v) is 12.3. The summed E-state index contributed by atoms with van der Waals surface area (Å²) in [5, 5.41) is 8.20. The minimum Gasteiger partial charge on any atom is -0.0836 e. The lowest BCUT2D eigenvalue weighted by molar-refractivity contribution is 0.997. The van der Waals surface area contributed by atoms with E-state index in [4.69, 9.17) is 0 Å². The van der Waals surface area contributed by atoms with Crippen LogP contribution in [0.3, 0.4) is 0 Å². The molecule has 0 atom stereocenters. The zero-order chi connectivity index (χ0) is 14.5. The van der Waals surface area contributed by atoms with Crippen molar-refractivity contribution < 1.29 is 0 Å². The fourth-order valence-electron chi connectivity index (χ4n) is 3.86. The Balaban J connectivity index is 1.97. The quantitative estimate of drug-likeness (QED) is 0.341. The molecule has 0 heteroatoms. The number of benzene rings is 4. The summed E-state index contributed by atoms with van der Waals surface area (Å²) in [6, 6.07) is 22.4. The van der Waals surface area contributed by atoms with Crippen LogP contribution in [-0.4, -0.2) is 0 Å². The summed E-state index contributed by atoms with van der Waals surface area (Å²) in [6.45, 7) is 0. The molecule has 0 unspecified atom stereocenters. The zero-order valence-electron chi connectivity index (χ0n) is 12.3. The number of aryl methyl sites for hydroxylation is 1. The molecule has 0 radical (unpaired) electrons. The van der Waals surface area contributed by atoms with Gasteiger partial charge in [-0.15, -0.1) is 0 Å². The number of hydrogen-bond donors (Lipinski definition) is 0. The van der Waals surface area contributed by atoms with Crippen LogP contribution >= 0.6 is 0 Å². The summed E-state index contributed by atoms with van der Waals surface area (Å²) in [6.07, 6.45) is 6.86. The van der Waals surface area contributed by atoms with E-state index in [1.165, 1.54) is 43.4 Å². The molecule has 22 heavy (non-hydrogen) atoms. The number of rotatable bonds is 0. The molecule has 5 rings (SSSR count). The lowest BCUT2D eigenvalue weighted by Crippen LogP contribution is -1.95. The molecule has 0 fully saturated rings. The summed E-state index contributed by atoms with van der Waals surface area (Å²) in [5.74, 6) is 0. The van der Waals surface area contributed by atoms with Gasteiger partial charge in [0, 0.05) is 0 Å². The average molecular weight is 280 g/mol. The van der Waals surface area contributed by atoms with Gasteiger partial charge in [0.15, 0.2) is 0 Å². The molecule has 4 aromatic rings. The molecule has 0 aromatic heterocycles. The van der Waals surface area contributed by atoms with Crippen LogP contribution in [0.1, 0.15) is 17.5 Å². The second kappa shape index (κ2) is 4.45. The predicted octanol–water partition coefficient (Wildman–Crippen LogP) is 6.11. The number of allylic oxidation sites excluding steroid dienone is 1. The van der Waals surface area contributed by atoms with Crippen molar-refractivity contribution in [3.8, 4) is 0 Å². The maximum Gasteiger partial charge on any atom is -0.00989 e. The molecular formula is C22H16. The lowest BCUT2D eigenvalue weighted by Gasteiger charge is -2.15. The van der Waals surface area contributed by atoms with Gasteiger partial charge in [-0.3, -0.25) is 0 Å². The minimum atomic E-state index is 1.15. The van der Waals surface area contributed by atoms with Crippen LogP contribution < -0.4 is 0 Å². The highest BCUT2D eigenvalue weighted by Gasteiger charge is 2.11. The summed E-state index contributed by atoms with van der Waals surface area (Å²) in [4.78, 5) is 0. The average Bonchev–Trinajstić information content (AvgIpc) is 2.60. The van der Waals surface area contributed by atoms with Crippen LogP contribution in [0.5, 0.6) is 0 Å². The number of fused-ring (bicyclic) bond motifs is 7. The van der Waals surface area contributed by atoms with Gasteiger partial charge in [-0.1, -0.05) is 72.8 Å². The topological polar surface area (TPSA) is 0 Å². The van der Waals surface area contributed by atoms with E-state index in [1.54, 1.807) is 0 Å². The molecule has 104 valence electrons. The Kier molecular flexibility index (Phi) is 2.42. The van der Waals surface area contributed by atoms with E-state index in [0.29, 0.717) is 0 Å². The Morgan fingerprint density at radius 3 is 2.32 bits per heavy atom. The molecule has 4 aromatic carbocycles. The van der Waals surface area contributed by atoms with E-state index < -0.39 is 0 Å². The first-order valence-corrected chi connectivity index (χ1v) is 7.94. The van der Waals surface area contributed by atoms with Gasteiger partial charge >= 0.3 is 0 Å². The van der Waals surface area contributed by atoms with Gasteiger partial charge in [-0.25, -0.2) is 0 Å². The standard InChI is InChI=1S/C22H16/c1-3-7-17-15(5-1)9-11-21-19(17)13-14-20-18-8-4-2-6-16(18)10-12-22(20)21/h1-3,5-7,9-14H,4,8H2. The van der Waals surface area contributed by atoms with E-state index in [0.717, 1.165) is 12.8 Å². The first-order chi connectivity index (χ1) is 10.9. The fraction of sp³-hybridized carbons (Fsp3) is 0.0909. The van der Waals surface area contributed by atoms with Crippen molar-refractivity contribution in [3.05, 3.63) is 77.9 Å². The van der Waals surface area contributed by atoms with Gasteiger partial charge in [0.05, 0.1) is 0 Å². The van der Waals surface area contributed by atoms with Gasteiger partial charge in [0.2, 0.25) is 0 Å². The summed E-state index contributed by atoms with van der Waals surface area (Å²) in [7, 11) is 0. The molecule has 0 spiro atoms. The van der Waals surface area contributed by atoms with E-state index in [2.05, 4.69) is 72.8 Å². The molecule has 0 saturated heterocycles. The molecule has 0 N–H and O–H groups in total. The third kappa shape index (κ3) is 1.58. The monoisotopic (exact) mass is 280 g/mol. The van der Waals surface area contributed by atoms with Gasteiger partial charge < -0.3 is 0 Å². The summed E-state index contributed by atoms with van der Waals surface area (Å²) in [5.41, 5.74) is 2.90. The molecule has 1 aliphatic carbocycles. The van der Waals surface area contributed by atoms with Crippen LogP contribution in [-0.2, 0) is 6.42 Å². The molecule has 0 heterocycles. The third-order valence-electron chi connectivity index (χ3n) is 4.93. The normalized spacial score (nSPS) is 13.8. The fourth-order valence-corrected chi connectivity index (χ4v) is 3.86. The first kappa shape index (κ1) is 12.0. The van der Waals surface area contributed by atoms with Crippen LogP contribution in [0.2, 0.25) is 0 Å². The van der Waals surface area contributed by atoms with E-state index in [-0.39, 0.29) is 0 Å². The van der Waals surface area contributed by atoms with Gasteiger partial charge in [0.1, 0.15) is 0 Å². The van der Waals surface area contributed by atoms with Crippen molar-refractivity contribution in [1.29, 1.82) is 0 Å². The second-order valence-electron chi connectivity index (χ2n) is 6.12. The largest absolute Gasteiger partial charge is 0.0836 e. The Bertz CT molecular complexity index is 1070. The van der Waals surface area contributed by atoms with Gasteiger partial charge in [-0.2, -0.15) is 0 Å². The Morgan fingerprint density at radius 2 is 1.32 bits per heavy atom. The Hall–Kier alpha value is -2.60. The molecule has 0 amide bonds. The van der Waals surface area contributed by atoms with Crippen LogP contribution in [0.25, 0.3) is 38.4 Å². The minimum absolute atomic E-state index is 1.15. The van der Waals surface area contributed by atoms with Crippen LogP contribution in [0.15, 0.2) is 66.7 Å². The Morgan fingerprint density at radius 1 is 0.591 bits per heavy atom. The van der Waals surface area contributed by atoms with E-state index >= 15 is 0 Å². The predicted molar refractivity (Wildman–Crippen MR) is 96.3 cm³/mol. The highest BCUT2D eigenvalue weighted by molar-refractivity contribution is 6.17. The summed E-state index contributed by atoms with van der Waals surface area (Å²) < 4.78 is 0. The maximum absolute atomic E-state index is 2.32. The maximum atomic E-state index is 2.32. The Labute approximate surface area is 129 Å². The van der Waals surface area contributed by atoms with Crippen molar-refractivity contribution in [2.24, 2.45) is 0 Å². The molecule has 1 aliphatic rings. The molecule has 0 saturated carbocycles. The number of hydrogen-bond acceptors (Lipinski definition) is 0. The van der Waals surface area contributed by atoms with Gasteiger partial charge in [-0.05, 0) is 56.3 Å². The second-order valence-corrected chi connectivity index (χ2v) is 6.12. The van der Waals surface area contributed by atoms with Crippen molar-refractivity contribution in [2.45, 2.75) is 12.8 Å². The van der Waals surface area contributed by atoms with Crippen molar-refractivity contribution in [2.75, 3.05) is 0 Å². The van der Waals surface area contributed by atoms with Crippen LogP contribution in [0.4, 0.5) is 0 Å². The SMILES string of the molecule is C1=Cc2ccc3c(ccc4c5ccccc5ccc34)c2CC1. The van der Waals surface area contributed by atoms with Crippen molar-refractivity contribution >= 4 is 38.4 Å². The highest BCUT2D eigenvalue weighted by atomic mass is 14.1. The van der Waals surface area contributed by atoms with Crippen molar-refractivity contribution in [3.63, 3.8) is 0 Å². The van der Waals surface area contributed by atoms with Crippen LogP contribution in [0, 0.1) is 0 Å². The van der Waals surface area contributed by atoms with Crippen molar-refractivity contribution in [1.82, 2.24) is 0 Å². The smallest absolute Gasteiger partial charge is 0.00989 e. The molecule has 0 bridgehead atoms. The van der Waals surface area contributed by atoms with Gasteiger partial charge in [0.25, 0.3) is 0 Å². The highest BCUT2D eigenvalue weighted by Crippen LogP contribution is 2.35. The molecule has 0 aliphatic heterocycles. The van der Waals surface area contributed by atoms with E-state index in [9.17, 15) is 0 Å². The van der Waals surface area contributed by atoms with E-state index in [1.807, 2.05) is 0 Å². The lowest BCUT2D eigenvalue weighted by atomic mass is 9.89. The third-order valence-corrected chi connectivity index (χ3v) is 4.93. The summed E-state index contributed by atoms with van der Waals surface area (Å²) >= 11 is 0. The molecule has 0 nitrogen and oxygen atoms in total. The first-order valence-electron chi connectivity index (χ1n) is 7.94. The molecular weight excluding hydrogens is 264 g/mol.